The normalized spacial score (nSPS) is 10.2. The highest BCUT2D eigenvalue weighted by Gasteiger charge is 2.01. The summed E-state index contributed by atoms with van der Waals surface area (Å²) in [5, 5.41) is 6.95. The van der Waals surface area contributed by atoms with E-state index in [-0.39, 0.29) is 0 Å². The average molecular weight is 329 g/mol. The van der Waals surface area contributed by atoms with Crippen LogP contribution in [0.4, 0.5) is 5.82 Å². The molecule has 5 heteroatoms. The van der Waals surface area contributed by atoms with Crippen LogP contribution in [0.3, 0.4) is 0 Å². The second-order valence-electron chi connectivity index (χ2n) is 5.23. The standard InChI is InChI=1S/C18H23N3OS/c1-3-22-16-10-8-15(9-11-16)7-5-13-20-18(23)21-17-14(2)6-4-12-19-17/h4,6,8-12H,3,5,7,13H2,1-2H3,(H2,19,20,21,23). The summed E-state index contributed by atoms with van der Waals surface area (Å²) in [4.78, 5) is 4.27. The predicted molar refractivity (Wildman–Crippen MR) is 99.1 cm³/mol. The summed E-state index contributed by atoms with van der Waals surface area (Å²) in [5.41, 5.74) is 2.38. The number of ether oxygens (including phenoxy) is 1. The molecule has 0 aliphatic rings. The van der Waals surface area contributed by atoms with Crippen molar-refractivity contribution in [2.45, 2.75) is 26.7 Å². The number of rotatable bonds is 7. The van der Waals surface area contributed by atoms with Gasteiger partial charge in [0.15, 0.2) is 5.11 Å². The van der Waals surface area contributed by atoms with Gasteiger partial charge >= 0.3 is 0 Å². The molecule has 0 saturated heterocycles. The molecule has 0 aliphatic heterocycles. The largest absolute Gasteiger partial charge is 0.494 e. The van der Waals surface area contributed by atoms with Gasteiger partial charge < -0.3 is 15.4 Å². The van der Waals surface area contributed by atoms with E-state index < -0.39 is 0 Å². The van der Waals surface area contributed by atoms with Crippen molar-refractivity contribution in [2.24, 2.45) is 0 Å². The number of thiocarbonyl (C=S) groups is 1. The maximum Gasteiger partial charge on any atom is 0.171 e. The molecule has 0 bridgehead atoms. The van der Waals surface area contributed by atoms with Crippen LogP contribution in [0, 0.1) is 6.92 Å². The number of anilines is 1. The van der Waals surface area contributed by atoms with Gasteiger partial charge in [0, 0.05) is 12.7 Å². The van der Waals surface area contributed by atoms with Gasteiger partial charge in [-0.3, -0.25) is 0 Å². The van der Waals surface area contributed by atoms with Crippen LogP contribution in [0.15, 0.2) is 42.6 Å². The molecule has 0 fully saturated rings. The number of nitrogens with one attached hydrogen (secondary N) is 2. The Kier molecular flexibility index (Phi) is 6.81. The van der Waals surface area contributed by atoms with E-state index in [9.17, 15) is 0 Å². The van der Waals surface area contributed by atoms with Gasteiger partial charge in [-0.15, -0.1) is 0 Å². The SMILES string of the molecule is CCOc1ccc(CCCNC(=S)Nc2ncccc2C)cc1. The van der Waals surface area contributed by atoms with Gasteiger partial charge in [-0.25, -0.2) is 4.98 Å². The smallest absolute Gasteiger partial charge is 0.171 e. The Morgan fingerprint density at radius 2 is 2.00 bits per heavy atom. The number of hydrogen-bond donors (Lipinski definition) is 2. The fraction of sp³-hybridized carbons (Fsp3) is 0.333. The Morgan fingerprint density at radius 1 is 1.22 bits per heavy atom. The van der Waals surface area contributed by atoms with Gasteiger partial charge in [0.2, 0.25) is 0 Å². The van der Waals surface area contributed by atoms with Crippen LogP contribution in [0.2, 0.25) is 0 Å². The molecule has 2 N–H and O–H groups in total. The Bertz CT molecular complexity index is 628. The van der Waals surface area contributed by atoms with Crippen molar-refractivity contribution in [2.75, 3.05) is 18.5 Å². The van der Waals surface area contributed by atoms with E-state index in [0.29, 0.717) is 11.7 Å². The minimum atomic E-state index is 0.610. The molecule has 0 radical (unpaired) electrons. The van der Waals surface area contributed by atoms with Crippen molar-refractivity contribution in [3.8, 4) is 5.75 Å². The molecule has 2 rings (SSSR count). The number of aromatic nitrogens is 1. The number of nitrogens with zero attached hydrogens (tertiary/aromatic N) is 1. The molecule has 1 heterocycles. The third kappa shape index (κ3) is 5.87. The Balaban J connectivity index is 1.68. The van der Waals surface area contributed by atoms with Crippen LogP contribution in [-0.2, 0) is 6.42 Å². The first-order valence-electron chi connectivity index (χ1n) is 7.87. The van der Waals surface area contributed by atoms with Crippen molar-refractivity contribution >= 4 is 23.1 Å². The summed E-state index contributed by atoms with van der Waals surface area (Å²) in [7, 11) is 0. The highest BCUT2D eigenvalue weighted by Crippen LogP contribution is 2.13. The molecule has 4 nitrogen and oxygen atoms in total. The van der Waals surface area contributed by atoms with E-state index in [4.69, 9.17) is 17.0 Å². The predicted octanol–water partition coefficient (Wildman–Crippen LogP) is 3.71. The Labute approximate surface area is 143 Å². The van der Waals surface area contributed by atoms with Gasteiger partial charge in [-0.05, 0) is 68.2 Å². The first-order chi connectivity index (χ1) is 11.2. The van der Waals surface area contributed by atoms with Crippen LogP contribution < -0.4 is 15.4 Å². The van der Waals surface area contributed by atoms with E-state index in [1.165, 1.54) is 5.56 Å². The lowest BCUT2D eigenvalue weighted by Crippen LogP contribution is -2.30. The van der Waals surface area contributed by atoms with E-state index in [1.54, 1.807) is 6.20 Å². The zero-order chi connectivity index (χ0) is 16.5. The molecular weight excluding hydrogens is 306 g/mol. The van der Waals surface area contributed by atoms with Crippen LogP contribution >= 0.6 is 12.2 Å². The minimum absolute atomic E-state index is 0.610. The molecule has 0 spiro atoms. The van der Waals surface area contributed by atoms with E-state index >= 15 is 0 Å². The van der Waals surface area contributed by atoms with Crippen molar-refractivity contribution in [3.63, 3.8) is 0 Å². The van der Waals surface area contributed by atoms with Gasteiger partial charge in [-0.2, -0.15) is 0 Å². The zero-order valence-corrected chi connectivity index (χ0v) is 14.5. The van der Waals surface area contributed by atoms with Crippen LogP contribution in [0.1, 0.15) is 24.5 Å². The average Bonchev–Trinajstić information content (AvgIpc) is 2.55. The highest BCUT2D eigenvalue weighted by atomic mass is 32.1. The second kappa shape index (κ2) is 9.10. The number of pyridine rings is 1. The fourth-order valence-corrected chi connectivity index (χ4v) is 2.38. The summed E-state index contributed by atoms with van der Waals surface area (Å²) < 4.78 is 5.44. The van der Waals surface area contributed by atoms with Gasteiger partial charge in [0.05, 0.1) is 6.61 Å². The van der Waals surface area contributed by atoms with Crippen LogP contribution in [0.25, 0.3) is 0 Å². The van der Waals surface area contributed by atoms with Crippen LogP contribution in [0.5, 0.6) is 5.75 Å². The fourth-order valence-electron chi connectivity index (χ4n) is 2.18. The number of benzene rings is 1. The maximum atomic E-state index is 5.44. The van der Waals surface area contributed by atoms with Crippen molar-refractivity contribution < 1.29 is 4.74 Å². The number of hydrogen-bond acceptors (Lipinski definition) is 3. The monoisotopic (exact) mass is 329 g/mol. The van der Waals surface area contributed by atoms with Crippen LogP contribution in [-0.4, -0.2) is 23.2 Å². The Hall–Kier alpha value is -2.14. The molecule has 0 unspecified atom stereocenters. The summed E-state index contributed by atoms with van der Waals surface area (Å²) in [6, 6.07) is 12.2. The van der Waals surface area contributed by atoms with Gasteiger partial charge in [0.25, 0.3) is 0 Å². The van der Waals surface area contributed by atoms with E-state index in [0.717, 1.165) is 36.5 Å². The maximum absolute atomic E-state index is 5.44. The summed E-state index contributed by atoms with van der Waals surface area (Å²) in [6.45, 7) is 5.52. The summed E-state index contributed by atoms with van der Waals surface area (Å²) in [6.07, 6.45) is 3.77. The lowest BCUT2D eigenvalue weighted by atomic mass is 10.1. The molecule has 0 aliphatic carbocycles. The minimum Gasteiger partial charge on any atom is -0.494 e. The third-order valence-corrected chi connectivity index (χ3v) is 3.65. The molecule has 1 aromatic heterocycles. The van der Waals surface area contributed by atoms with Crippen molar-refractivity contribution in [1.82, 2.24) is 10.3 Å². The van der Waals surface area contributed by atoms with E-state index in [1.807, 2.05) is 38.1 Å². The third-order valence-electron chi connectivity index (χ3n) is 3.40. The summed E-state index contributed by atoms with van der Waals surface area (Å²) >= 11 is 5.29. The lowest BCUT2D eigenvalue weighted by molar-refractivity contribution is 0.340. The molecule has 0 atom stereocenters. The van der Waals surface area contributed by atoms with Gasteiger partial charge in [0.1, 0.15) is 11.6 Å². The second-order valence-corrected chi connectivity index (χ2v) is 5.64. The van der Waals surface area contributed by atoms with Gasteiger partial charge in [-0.1, -0.05) is 18.2 Å². The molecular formula is C18H23N3OS. The molecule has 1 aromatic carbocycles. The molecule has 0 amide bonds. The first-order valence-corrected chi connectivity index (χ1v) is 8.28. The number of aryl methyl sites for hydroxylation is 2. The summed E-state index contributed by atoms with van der Waals surface area (Å²) in [5.74, 6) is 1.72. The molecule has 122 valence electrons. The molecule has 0 saturated carbocycles. The first kappa shape index (κ1) is 17.2. The van der Waals surface area contributed by atoms with Crippen molar-refractivity contribution in [1.29, 1.82) is 0 Å². The molecule has 23 heavy (non-hydrogen) atoms. The molecule has 2 aromatic rings. The topological polar surface area (TPSA) is 46.2 Å². The lowest BCUT2D eigenvalue weighted by Gasteiger charge is -2.11. The zero-order valence-electron chi connectivity index (χ0n) is 13.6. The van der Waals surface area contributed by atoms with E-state index in [2.05, 4.69) is 27.8 Å². The van der Waals surface area contributed by atoms with Crippen molar-refractivity contribution in [3.05, 3.63) is 53.7 Å². The quantitative estimate of drug-likeness (QED) is 0.599. The Morgan fingerprint density at radius 3 is 2.70 bits per heavy atom. The highest BCUT2D eigenvalue weighted by molar-refractivity contribution is 7.80.